The van der Waals surface area contributed by atoms with Crippen molar-refractivity contribution < 1.29 is 8.42 Å². The lowest BCUT2D eigenvalue weighted by molar-refractivity contribution is 0.384. The number of thiophene rings is 1. The number of anilines is 1. The van der Waals surface area contributed by atoms with E-state index in [1.165, 1.54) is 22.2 Å². The van der Waals surface area contributed by atoms with Gasteiger partial charge in [-0.1, -0.05) is 32.4 Å². The molecule has 1 aliphatic carbocycles. The molecular formula is C25H31ClN4O2S2. The van der Waals surface area contributed by atoms with E-state index in [2.05, 4.69) is 25.7 Å². The second kappa shape index (κ2) is 9.37. The number of benzene rings is 1. The van der Waals surface area contributed by atoms with E-state index in [4.69, 9.17) is 21.6 Å². The molecule has 0 spiro atoms. The molecule has 1 aliphatic heterocycles. The first kappa shape index (κ1) is 24.0. The normalized spacial score (nSPS) is 20.5. The molecule has 0 bridgehead atoms. The number of nitrogens with zero attached hydrogens (tertiary/aromatic N) is 4. The van der Waals surface area contributed by atoms with Crippen molar-refractivity contribution in [3.8, 4) is 0 Å². The van der Waals surface area contributed by atoms with Crippen molar-refractivity contribution in [1.82, 2.24) is 14.3 Å². The summed E-state index contributed by atoms with van der Waals surface area (Å²) in [6.07, 6.45) is 4.36. The maximum atomic E-state index is 13.2. The van der Waals surface area contributed by atoms with E-state index in [1.54, 1.807) is 28.6 Å². The molecule has 0 saturated carbocycles. The molecule has 3 heterocycles. The molecule has 0 amide bonds. The predicted molar refractivity (Wildman–Crippen MR) is 140 cm³/mol. The van der Waals surface area contributed by atoms with Gasteiger partial charge >= 0.3 is 0 Å². The molecule has 0 N–H and O–H groups in total. The van der Waals surface area contributed by atoms with Crippen molar-refractivity contribution in [3.63, 3.8) is 0 Å². The highest BCUT2D eigenvalue weighted by Crippen LogP contribution is 2.42. The van der Waals surface area contributed by atoms with E-state index in [9.17, 15) is 8.42 Å². The number of piperazine rings is 1. The lowest BCUT2D eigenvalue weighted by Gasteiger charge is -2.35. The average Bonchev–Trinajstić information content (AvgIpc) is 3.20. The second-order valence-electron chi connectivity index (χ2n) is 9.59. The summed E-state index contributed by atoms with van der Waals surface area (Å²) >= 11 is 7.78. The molecule has 3 aromatic rings. The smallest absolute Gasteiger partial charge is 0.243 e. The molecule has 2 aliphatic rings. The maximum absolute atomic E-state index is 13.2. The molecular weight excluding hydrogens is 488 g/mol. The Morgan fingerprint density at radius 1 is 1.15 bits per heavy atom. The van der Waals surface area contributed by atoms with Crippen molar-refractivity contribution in [3.05, 3.63) is 45.6 Å². The van der Waals surface area contributed by atoms with Crippen LogP contribution in [0.1, 0.15) is 55.8 Å². The topological polar surface area (TPSA) is 66.4 Å². The summed E-state index contributed by atoms with van der Waals surface area (Å²) in [7, 11) is -3.54. The zero-order chi connectivity index (χ0) is 24.0. The van der Waals surface area contributed by atoms with Crippen molar-refractivity contribution in [1.29, 1.82) is 0 Å². The van der Waals surface area contributed by atoms with Gasteiger partial charge in [-0.05, 0) is 61.4 Å². The summed E-state index contributed by atoms with van der Waals surface area (Å²) in [5.41, 5.74) is 1.42. The number of aryl methyl sites for hydroxylation is 1. The van der Waals surface area contributed by atoms with Crippen LogP contribution in [0.2, 0.25) is 5.02 Å². The number of rotatable bonds is 5. The van der Waals surface area contributed by atoms with Gasteiger partial charge in [0.15, 0.2) is 0 Å². The van der Waals surface area contributed by atoms with Gasteiger partial charge in [-0.15, -0.1) is 11.3 Å². The van der Waals surface area contributed by atoms with Crippen LogP contribution < -0.4 is 4.90 Å². The fourth-order valence-corrected chi connectivity index (χ4v) is 7.80. The molecule has 34 heavy (non-hydrogen) atoms. The third-order valence-electron chi connectivity index (χ3n) is 7.20. The quantitative estimate of drug-likeness (QED) is 0.446. The highest BCUT2D eigenvalue weighted by molar-refractivity contribution is 7.89. The summed E-state index contributed by atoms with van der Waals surface area (Å²) in [6.45, 7) is 8.75. The van der Waals surface area contributed by atoms with Crippen LogP contribution in [0.25, 0.3) is 10.2 Å². The van der Waals surface area contributed by atoms with E-state index in [0.717, 1.165) is 35.7 Å². The molecule has 2 unspecified atom stereocenters. The summed E-state index contributed by atoms with van der Waals surface area (Å²) in [5.74, 6) is 2.88. The first-order valence-electron chi connectivity index (χ1n) is 12.1. The number of sulfonamides is 1. The Bertz CT molecular complexity index is 1300. The van der Waals surface area contributed by atoms with Crippen molar-refractivity contribution in [2.24, 2.45) is 5.92 Å². The van der Waals surface area contributed by atoms with E-state index in [-0.39, 0.29) is 10.8 Å². The highest BCUT2D eigenvalue weighted by atomic mass is 35.5. The van der Waals surface area contributed by atoms with Gasteiger partial charge < -0.3 is 4.90 Å². The Hall–Kier alpha value is -1.74. The Labute approximate surface area is 211 Å². The van der Waals surface area contributed by atoms with Gasteiger partial charge in [0.1, 0.15) is 16.5 Å². The Morgan fingerprint density at radius 3 is 2.53 bits per heavy atom. The largest absolute Gasteiger partial charge is 0.353 e. The third-order valence-corrected chi connectivity index (χ3v) is 10.5. The van der Waals surface area contributed by atoms with E-state index in [0.29, 0.717) is 37.1 Å². The number of hydrogen-bond donors (Lipinski definition) is 0. The van der Waals surface area contributed by atoms with Crippen LogP contribution in [0.5, 0.6) is 0 Å². The molecule has 2 atom stereocenters. The molecule has 1 aromatic carbocycles. The van der Waals surface area contributed by atoms with Gasteiger partial charge in [0, 0.05) is 42.0 Å². The molecule has 182 valence electrons. The number of halogens is 1. The van der Waals surface area contributed by atoms with E-state index in [1.807, 2.05) is 11.3 Å². The first-order valence-corrected chi connectivity index (χ1v) is 14.7. The highest BCUT2D eigenvalue weighted by Gasteiger charge is 2.32. The van der Waals surface area contributed by atoms with Crippen LogP contribution in [0, 0.1) is 5.92 Å². The Kier molecular flexibility index (Phi) is 6.61. The monoisotopic (exact) mass is 518 g/mol. The van der Waals surface area contributed by atoms with Gasteiger partial charge in [-0.25, -0.2) is 18.4 Å². The van der Waals surface area contributed by atoms with Gasteiger partial charge in [0.2, 0.25) is 10.0 Å². The lowest BCUT2D eigenvalue weighted by Crippen LogP contribution is -2.49. The van der Waals surface area contributed by atoms with Crippen LogP contribution in [0.4, 0.5) is 5.82 Å². The number of hydrogen-bond acceptors (Lipinski definition) is 6. The maximum Gasteiger partial charge on any atom is 0.243 e. The fourth-order valence-electron chi connectivity index (χ4n) is 4.87. The van der Waals surface area contributed by atoms with Crippen molar-refractivity contribution >= 4 is 49.0 Å². The van der Waals surface area contributed by atoms with Gasteiger partial charge in [0.25, 0.3) is 0 Å². The second-order valence-corrected chi connectivity index (χ2v) is 13.0. The lowest BCUT2D eigenvalue weighted by atomic mass is 9.89. The minimum Gasteiger partial charge on any atom is -0.353 e. The number of fused-ring (bicyclic) bond motifs is 3. The predicted octanol–water partition coefficient (Wildman–Crippen LogP) is 5.49. The fraction of sp³-hybridized carbons (Fsp3) is 0.520. The van der Waals surface area contributed by atoms with Gasteiger partial charge in [-0.3, -0.25) is 0 Å². The molecule has 5 rings (SSSR count). The zero-order valence-corrected chi connectivity index (χ0v) is 22.3. The van der Waals surface area contributed by atoms with E-state index < -0.39 is 10.0 Å². The summed E-state index contributed by atoms with van der Waals surface area (Å²) in [5, 5.41) is 1.73. The van der Waals surface area contributed by atoms with Crippen molar-refractivity contribution in [2.45, 2.75) is 57.3 Å². The average molecular weight is 519 g/mol. The van der Waals surface area contributed by atoms with Gasteiger partial charge in [0.05, 0.1) is 10.3 Å². The number of aromatic nitrogens is 2. The van der Waals surface area contributed by atoms with Gasteiger partial charge in [-0.2, -0.15) is 4.31 Å². The molecule has 1 saturated heterocycles. The molecule has 1 fully saturated rings. The van der Waals surface area contributed by atoms with E-state index >= 15 is 0 Å². The summed E-state index contributed by atoms with van der Waals surface area (Å²) in [4.78, 5) is 15.2. The van der Waals surface area contributed by atoms with Crippen LogP contribution in [0.15, 0.2) is 29.2 Å². The Balaban J connectivity index is 1.47. The van der Waals surface area contributed by atoms with Crippen molar-refractivity contribution in [2.75, 3.05) is 31.1 Å². The van der Waals surface area contributed by atoms with Crippen LogP contribution in [-0.4, -0.2) is 48.9 Å². The minimum atomic E-state index is -3.54. The third kappa shape index (κ3) is 4.34. The van der Waals surface area contributed by atoms with Crippen LogP contribution in [-0.2, 0) is 22.9 Å². The van der Waals surface area contributed by atoms with Crippen LogP contribution in [0.3, 0.4) is 0 Å². The summed E-state index contributed by atoms with van der Waals surface area (Å²) in [6, 6.07) is 6.41. The SMILES string of the molecule is CCC(C)c1nc(N2CCN(S(=O)(=O)c3ccc(Cl)cc3)CC2)c2c3c(sc2n1)CC(C)CC3. The first-order chi connectivity index (χ1) is 16.3. The standard InChI is InChI=1S/C25H31ClN4O2S2/c1-4-17(3)23-27-24(22-20-10-5-16(2)15-21(20)33-25(22)28-23)29-11-13-30(14-12-29)34(31,32)19-8-6-18(26)7-9-19/h6-9,16-17H,4-5,10-15H2,1-3H3. The molecule has 6 nitrogen and oxygen atoms in total. The zero-order valence-electron chi connectivity index (χ0n) is 19.9. The minimum absolute atomic E-state index is 0.285. The molecule has 0 radical (unpaired) electrons. The Morgan fingerprint density at radius 2 is 1.85 bits per heavy atom. The summed E-state index contributed by atoms with van der Waals surface area (Å²) < 4.78 is 27.9. The van der Waals surface area contributed by atoms with Crippen LogP contribution >= 0.6 is 22.9 Å². The molecule has 2 aromatic heterocycles. The molecule has 9 heteroatoms.